The monoisotopic (exact) mass is 420 g/mol. The van der Waals surface area contributed by atoms with E-state index in [1.807, 2.05) is 78.2 Å². The zero-order chi connectivity index (χ0) is 21.1. The zero-order valence-corrected chi connectivity index (χ0v) is 17.4. The Morgan fingerprint density at radius 2 is 1.45 bits per heavy atom. The predicted octanol–water partition coefficient (Wildman–Crippen LogP) is 6.01. The number of para-hydroxylation sites is 1. The van der Waals surface area contributed by atoms with Crippen molar-refractivity contribution in [3.63, 3.8) is 0 Å². The highest BCUT2D eigenvalue weighted by molar-refractivity contribution is 7.18. The van der Waals surface area contributed by atoms with Crippen LogP contribution in [0.3, 0.4) is 0 Å². The van der Waals surface area contributed by atoms with E-state index in [1.165, 1.54) is 0 Å². The Hall–Kier alpha value is -3.83. The van der Waals surface area contributed by atoms with Crippen LogP contribution in [0.1, 0.15) is 31.4 Å². The first kappa shape index (κ1) is 18.0. The Labute approximate surface area is 182 Å². The van der Waals surface area contributed by atoms with Crippen LogP contribution in [0.15, 0.2) is 78.4 Å². The number of thiophene rings is 1. The SMILES string of the molecule is Cc1cc2c(nc(C=C3C(=O)c4cc5ccccc5cc4C3=O)n2-c2ccccc2)s1. The second-order valence-electron chi connectivity index (χ2n) is 7.65. The zero-order valence-electron chi connectivity index (χ0n) is 16.6. The molecule has 4 nitrogen and oxygen atoms in total. The van der Waals surface area contributed by atoms with E-state index < -0.39 is 0 Å². The van der Waals surface area contributed by atoms with Crippen LogP contribution in [0.25, 0.3) is 32.9 Å². The standard InChI is InChI=1S/C26H16N2O2S/c1-15-11-22-26(31-15)27-23(28(22)18-9-3-2-4-10-18)14-21-24(29)19-12-16-7-5-6-8-17(16)13-20(19)25(21)30/h2-14H,1H3. The minimum absolute atomic E-state index is 0.164. The summed E-state index contributed by atoms with van der Waals surface area (Å²) in [6, 6.07) is 23.4. The van der Waals surface area contributed by atoms with Gasteiger partial charge in [-0.15, -0.1) is 11.3 Å². The maximum absolute atomic E-state index is 13.2. The van der Waals surface area contributed by atoms with Crippen LogP contribution in [-0.4, -0.2) is 21.1 Å². The van der Waals surface area contributed by atoms with Gasteiger partial charge in [0, 0.05) is 21.7 Å². The van der Waals surface area contributed by atoms with Gasteiger partial charge in [-0.3, -0.25) is 14.2 Å². The topological polar surface area (TPSA) is 52.0 Å². The fourth-order valence-electron chi connectivity index (χ4n) is 4.22. The summed E-state index contributed by atoms with van der Waals surface area (Å²) in [5.41, 5.74) is 3.00. The Morgan fingerprint density at radius 1 is 0.839 bits per heavy atom. The first-order valence-electron chi connectivity index (χ1n) is 9.98. The third-order valence-electron chi connectivity index (χ3n) is 5.66. The lowest BCUT2D eigenvalue weighted by Crippen LogP contribution is -2.03. The summed E-state index contributed by atoms with van der Waals surface area (Å²) in [6.07, 6.45) is 1.64. The summed E-state index contributed by atoms with van der Waals surface area (Å²) < 4.78 is 2.01. The van der Waals surface area contributed by atoms with Gasteiger partial charge < -0.3 is 0 Å². The molecule has 0 aliphatic heterocycles. The van der Waals surface area contributed by atoms with Crippen molar-refractivity contribution in [1.29, 1.82) is 0 Å². The molecule has 0 N–H and O–H groups in total. The molecule has 6 rings (SSSR count). The number of benzene rings is 3. The minimum Gasteiger partial charge on any atom is -0.292 e. The molecule has 3 aromatic carbocycles. The maximum atomic E-state index is 13.2. The van der Waals surface area contributed by atoms with Crippen molar-refractivity contribution in [2.45, 2.75) is 6.92 Å². The lowest BCUT2D eigenvalue weighted by molar-refractivity contribution is 0.0990. The molecule has 5 aromatic rings. The number of fused-ring (bicyclic) bond motifs is 3. The van der Waals surface area contributed by atoms with Crippen molar-refractivity contribution in [3.05, 3.63) is 100 Å². The number of aromatic nitrogens is 2. The number of rotatable bonds is 2. The average molecular weight is 420 g/mol. The number of aryl methyl sites for hydroxylation is 1. The fraction of sp³-hybridized carbons (Fsp3) is 0.0385. The van der Waals surface area contributed by atoms with Gasteiger partial charge in [0.2, 0.25) is 0 Å². The van der Waals surface area contributed by atoms with E-state index in [4.69, 9.17) is 4.98 Å². The normalized spacial score (nSPS) is 13.4. The van der Waals surface area contributed by atoms with Gasteiger partial charge in [-0.25, -0.2) is 4.98 Å². The summed E-state index contributed by atoms with van der Waals surface area (Å²) in [5.74, 6) is 0.0994. The largest absolute Gasteiger partial charge is 0.292 e. The van der Waals surface area contributed by atoms with Crippen molar-refractivity contribution in [1.82, 2.24) is 9.55 Å². The second-order valence-corrected chi connectivity index (χ2v) is 8.88. The van der Waals surface area contributed by atoms with Crippen LogP contribution in [0.2, 0.25) is 0 Å². The summed E-state index contributed by atoms with van der Waals surface area (Å²) >= 11 is 1.60. The smallest absolute Gasteiger partial charge is 0.197 e. The number of imidazole rings is 1. The van der Waals surface area contributed by atoms with Gasteiger partial charge in [-0.1, -0.05) is 42.5 Å². The molecule has 5 heteroatoms. The second kappa shape index (κ2) is 6.59. The molecular weight excluding hydrogens is 404 g/mol. The molecule has 0 saturated carbocycles. The molecule has 0 fully saturated rings. The molecule has 1 aliphatic rings. The molecule has 2 heterocycles. The van der Waals surface area contributed by atoms with Crippen LogP contribution in [0, 0.1) is 6.92 Å². The van der Waals surface area contributed by atoms with E-state index in [0.717, 1.165) is 31.7 Å². The quantitative estimate of drug-likeness (QED) is 0.260. The van der Waals surface area contributed by atoms with E-state index in [2.05, 4.69) is 6.07 Å². The highest BCUT2D eigenvalue weighted by Crippen LogP contribution is 2.34. The first-order valence-corrected chi connectivity index (χ1v) is 10.8. The van der Waals surface area contributed by atoms with Gasteiger partial charge in [0.05, 0.1) is 11.1 Å². The molecule has 0 unspecified atom stereocenters. The van der Waals surface area contributed by atoms with Gasteiger partial charge in [0.1, 0.15) is 10.7 Å². The maximum Gasteiger partial charge on any atom is 0.197 e. The summed E-state index contributed by atoms with van der Waals surface area (Å²) in [6.45, 7) is 2.05. The van der Waals surface area contributed by atoms with Crippen molar-refractivity contribution >= 4 is 50.1 Å². The van der Waals surface area contributed by atoms with E-state index in [9.17, 15) is 9.59 Å². The third-order valence-corrected chi connectivity index (χ3v) is 6.59. The molecule has 0 saturated heterocycles. The van der Waals surface area contributed by atoms with Crippen LogP contribution >= 0.6 is 11.3 Å². The molecule has 148 valence electrons. The number of hydrogen-bond acceptors (Lipinski definition) is 4. The van der Waals surface area contributed by atoms with Crippen molar-refractivity contribution in [3.8, 4) is 5.69 Å². The molecule has 0 spiro atoms. The number of ketones is 2. The third kappa shape index (κ3) is 2.71. The van der Waals surface area contributed by atoms with Gasteiger partial charge >= 0.3 is 0 Å². The van der Waals surface area contributed by atoms with Gasteiger partial charge in [-0.05, 0) is 54.1 Å². The summed E-state index contributed by atoms with van der Waals surface area (Å²) in [5, 5.41) is 1.90. The lowest BCUT2D eigenvalue weighted by Gasteiger charge is -2.06. The van der Waals surface area contributed by atoms with E-state index in [1.54, 1.807) is 17.4 Å². The van der Waals surface area contributed by atoms with E-state index >= 15 is 0 Å². The van der Waals surface area contributed by atoms with Crippen LogP contribution in [0.5, 0.6) is 0 Å². The van der Waals surface area contributed by atoms with E-state index in [0.29, 0.717) is 17.0 Å². The van der Waals surface area contributed by atoms with Crippen molar-refractivity contribution in [2.24, 2.45) is 0 Å². The Kier molecular flexibility index (Phi) is 3.82. The molecule has 0 radical (unpaired) electrons. The lowest BCUT2D eigenvalue weighted by atomic mass is 10.0. The first-order chi connectivity index (χ1) is 15.1. The molecule has 0 bridgehead atoms. The van der Waals surface area contributed by atoms with Gasteiger partial charge in [0.25, 0.3) is 0 Å². The van der Waals surface area contributed by atoms with Crippen molar-refractivity contribution in [2.75, 3.05) is 0 Å². The minimum atomic E-state index is -0.243. The van der Waals surface area contributed by atoms with Crippen LogP contribution < -0.4 is 0 Å². The van der Waals surface area contributed by atoms with Crippen molar-refractivity contribution < 1.29 is 9.59 Å². The van der Waals surface area contributed by atoms with Gasteiger partial charge in [0.15, 0.2) is 11.6 Å². The summed E-state index contributed by atoms with van der Waals surface area (Å²) in [4.78, 5) is 33.2. The summed E-state index contributed by atoms with van der Waals surface area (Å²) in [7, 11) is 0. The number of carbonyl (C=O) groups is 2. The van der Waals surface area contributed by atoms with Crippen LogP contribution in [0.4, 0.5) is 0 Å². The molecular formula is C26H16N2O2S. The fourth-order valence-corrected chi connectivity index (χ4v) is 5.09. The highest BCUT2D eigenvalue weighted by atomic mass is 32.1. The molecule has 0 amide bonds. The Balaban J connectivity index is 1.55. The molecule has 1 aliphatic carbocycles. The molecule has 0 atom stereocenters. The number of Topliss-reactive ketones (excluding diaryl/α,β-unsaturated/α-hetero) is 2. The molecule has 2 aromatic heterocycles. The number of nitrogens with zero attached hydrogens (tertiary/aromatic N) is 2. The van der Waals surface area contributed by atoms with Crippen LogP contribution in [-0.2, 0) is 0 Å². The number of hydrogen-bond donors (Lipinski definition) is 0. The number of carbonyl (C=O) groups excluding carboxylic acids is 2. The highest BCUT2D eigenvalue weighted by Gasteiger charge is 2.34. The van der Waals surface area contributed by atoms with Gasteiger partial charge in [-0.2, -0.15) is 0 Å². The van der Waals surface area contributed by atoms with E-state index in [-0.39, 0.29) is 17.1 Å². The Morgan fingerprint density at radius 3 is 2.10 bits per heavy atom. The predicted molar refractivity (Wildman–Crippen MR) is 124 cm³/mol. The number of allylic oxidation sites excluding steroid dienone is 1. The molecule has 31 heavy (non-hydrogen) atoms. The Bertz CT molecular complexity index is 1520. The average Bonchev–Trinajstić information content (AvgIpc) is 3.37.